The van der Waals surface area contributed by atoms with E-state index in [9.17, 15) is 4.79 Å². The van der Waals surface area contributed by atoms with Crippen molar-refractivity contribution < 1.29 is 4.79 Å². The molecule has 1 aromatic carbocycles. The minimum atomic E-state index is -1.01. The molecular weight excluding hydrogens is 300 g/mol. The van der Waals surface area contributed by atoms with Crippen LogP contribution in [0, 0.1) is 11.3 Å². The predicted octanol–water partition coefficient (Wildman–Crippen LogP) is 2.19. The lowest BCUT2D eigenvalue weighted by Gasteiger charge is -2.37. The smallest absolute Gasteiger partial charge is 0.250 e. The van der Waals surface area contributed by atoms with Crippen LogP contribution < -0.4 is 11.1 Å². The number of benzene rings is 1. The maximum absolute atomic E-state index is 12.7. The molecule has 114 valence electrons. The first kappa shape index (κ1) is 15.9. The summed E-state index contributed by atoms with van der Waals surface area (Å²) in [5.41, 5.74) is 6.53. The maximum Gasteiger partial charge on any atom is 0.250 e. The molecule has 1 atom stereocenters. The number of nitrogens with two attached hydrogens (primary N) is 1. The highest BCUT2D eigenvalue weighted by atomic mass is 35.5. The van der Waals surface area contributed by atoms with E-state index in [2.05, 4.69) is 11.9 Å². The van der Waals surface area contributed by atoms with Gasteiger partial charge in [0.2, 0.25) is 0 Å². The van der Waals surface area contributed by atoms with Crippen molar-refractivity contribution in [3.05, 3.63) is 59.0 Å². The molecule has 1 saturated heterocycles. The number of halogens is 1. The number of carbonyl (C=O) groups excluding carboxylic acids is 1. The van der Waals surface area contributed by atoms with Crippen LogP contribution in [0.2, 0.25) is 5.02 Å². The lowest BCUT2D eigenvalue weighted by molar-refractivity contribution is -0.130. The number of nitriles is 1. The van der Waals surface area contributed by atoms with Gasteiger partial charge in [-0.05, 0) is 31.2 Å². The van der Waals surface area contributed by atoms with Crippen molar-refractivity contribution in [2.45, 2.75) is 18.4 Å². The minimum Gasteiger partial charge on any atom is -0.403 e. The van der Waals surface area contributed by atoms with Crippen LogP contribution in [-0.4, -0.2) is 17.9 Å². The standard InChI is InChI=1S/C16H17ClN4O/c1-3-21-12(10-19)6-7-16(21,15(22)20-2)13-5-4-11(9-18)8-14(13)17/h3-5,8,10H,1,6-7,19H2,2H3,(H,20,22)/b12-10-. The summed E-state index contributed by atoms with van der Waals surface area (Å²) in [5, 5.41) is 12.0. The second-order valence-electron chi connectivity index (χ2n) is 4.96. The van der Waals surface area contributed by atoms with E-state index in [0.29, 0.717) is 29.0 Å². The first-order valence-corrected chi connectivity index (χ1v) is 7.18. The molecule has 0 aromatic heterocycles. The van der Waals surface area contributed by atoms with Gasteiger partial charge in [0.25, 0.3) is 5.91 Å². The third-order valence-corrected chi connectivity index (χ3v) is 4.30. The van der Waals surface area contributed by atoms with Crippen LogP contribution in [-0.2, 0) is 10.3 Å². The zero-order valence-electron chi connectivity index (χ0n) is 12.3. The van der Waals surface area contributed by atoms with Crippen molar-refractivity contribution in [3.8, 4) is 6.07 Å². The fourth-order valence-corrected chi connectivity index (χ4v) is 3.31. The number of rotatable bonds is 3. The second-order valence-corrected chi connectivity index (χ2v) is 5.36. The molecule has 1 fully saturated rings. The number of likely N-dealkylation sites (N-methyl/N-ethyl adjacent to an activating group) is 1. The molecule has 0 radical (unpaired) electrons. The molecule has 1 aromatic rings. The van der Waals surface area contributed by atoms with E-state index >= 15 is 0 Å². The summed E-state index contributed by atoms with van der Waals surface area (Å²) in [4.78, 5) is 14.4. The number of likely N-dealkylation sites (tertiary alicyclic amines) is 1. The predicted molar refractivity (Wildman–Crippen MR) is 85.5 cm³/mol. The second kappa shape index (κ2) is 6.12. The lowest BCUT2D eigenvalue weighted by atomic mass is 9.85. The average molecular weight is 317 g/mol. The third-order valence-electron chi connectivity index (χ3n) is 3.99. The van der Waals surface area contributed by atoms with Crippen LogP contribution in [0.3, 0.4) is 0 Å². The molecule has 0 aliphatic carbocycles. The summed E-state index contributed by atoms with van der Waals surface area (Å²) in [6, 6.07) is 6.96. The number of nitrogens with zero attached hydrogens (tertiary/aromatic N) is 2. The Balaban J connectivity index is 2.69. The lowest BCUT2D eigenvalue weighted by Crippen LogP contribution is -2.50. The number of nitrogens with one attached hydrogen (secondary N) is 1. The van der Waals surface area contributed by atoms with Crippen LogP contribution in [0.15, 0.2) is 42.9 Å². The van der Waals surface area contributed by atoms with Gasteiger partial charge in [-0.3, -0.25) is 4.79 Å². The highest BCUT2D eigenvalue weighted by Gasteiger charge is 2.50. The summed E-state index contributed by atoms with van der Waals surface area (Å²) >= 11 is 6.35. The summed E-state index contributed by atoms with van der Waals surface area (Å²) in [6.07, 6.45) is 4.21. The van der Waals surface area contributed by atoms with Crippen LogP contribution in [0.4, 0.5) is 0 Å². The van der Waals surface area contributed by atoms with Gasteiger partial charge < -0.3 is 16.0 Å². The van der Waals surface area contributed by atoms with Gasteiger partial charge in [0.15, 0.2) is 0 Å². The van der Waals surface area contributed by atoms with E-state index in [1.54, 1.807) is 36.3 Å². The fraction of sp³-hybridized carbons (Fsp3) is 0.250. The molecule has 1 amide bonds. The largest absolute Gasteiger partial charge is 0.403 e. The molecule has 6 heteroatoms. The Kier molecular flexibility index (Phi) is 4.43. The molecule has 1 aliphatic heterocycles. The fourth-order valence-electron chi connectivity index (χ4n) is 2.97. The van der Waals surface area contributed by atoms with Crippen molar-refractivity contribution >= 4 is 17.5 Å². The van der Waals surface area contributed by atoms with Gasteiger partial charge in [-0.15, -0.1) is 0 Å². The molecule has 1 aliphatic rings. The van der Waals surface area contributed by atoms with Crippen molar-refractivity contribution in [1.29, 1.82) is 5.26 Å². The van der Waals surface area contributed by atoms with Crippen LogP contribution >= 0.6 is 11.6 Å². The minimum absolute atomic E-state index is 0.198. The first-order chi connectivity index (χ1) is 10.5. The quantitative estimate of drug-likeness (QED) is 0.895. The monoisotopic (exact) mass is 316 g/mol. The van der Waals surface area contributed by atoms with Gasteiger partial charge in [-0.2, -0.15) is 5.26 Å². The normalized spacial score (nSPS) is 22.4. The van der Waals surface area contributed by atoms with E-state index in [1.807, 2.05) is 6.07 Å². The molecule has 2 rings (SSSR count). The van der Waals surface area contributed by atoms with Gasteiger partial charge in [-0.1, -0.05) is 24.2 Å². The summed E-state index contributed by atoms with van der Waals surface area (Å²) in [7, 11) is 1.58. The molecular formula is C16H17ClN4O. The summed E-state index contributed by atoms with van der Waals surface area (Å²) in [5.74, 6) is -0.198. The van der Waals surface area contributed by atoms with Gasteiger partial charge in [0.05, 0.1) is 11.6 Å². The maximum atomic E-state index is 12.7. The van der Waals surface area contributed by atoms with E-state index in [0.717, 1.165) is 5.70 Å². The summed E-state index contributed by atoms with van der Waals surface area (Å²) in [6.45, 7) is 3.80. The van der Waals surface area contributed by atoms with E-state index in [4.69, 9.17) is 22.6 Å². The van der Waals surface area contributed by atoms with Gasteiger partial charge >= 0.3 is 0 Å². The van der Waals surface area contributed by atoms with Crippen molar-refractivity contribution in [2.75, 3.05) is 7.05 Å². The zero-order valence-corrected chi connectivity index (χ0v) is 13.0. The van der Waals surface area contributed by atoms with E-state index in [1.165, 1.54) is 6.20 Å². The van der Waals surface area contributed by atoms with Crippen LogP contribution in [0.25, 0.3) is 0 Å². The summed E-state index contributed by atoms with van der Waals surface area (Å²) < 4.78 is 0. The van der Waals surface area contributed by atoms with Gasteiger partial charge in [0, 0.05) is 29.5 Å². The van der Waals surface area contributed by atoms with Crippen molar-refractivity contribution in [1.82, 2.24) is 10.2 Å². The highest BCUT2D eigenvalue weighted by molar-refractivity contribution is 6.32. The molecule has 0 bridgehead atoms. The zero-order chi connectivity index (χ0) is 16.3. The Morgan fingerprint density at radius 2 is 2.36 bits per heavy atom. The first-order valence-electron chi connectivity index (χ1n) is 6.80. The Bertz CT molecular complexity index is 692. The van der Waals surface area contributed by atoms with Gasteiger partial charge in [0.1, 0.15) is 5.54 Å². The Labute approximate surface area is 134 Å². The number of carbonyl (C=O) groups is 1. The van der Waals surface area contributed by atoms with Gasteiger partial charge in [-0.25, -0.2) is 0 Å². The van der Waals surface area contributed by atoms with Crippen LogP contribution in [0.1, 0.15) is 24.0 Å². The van der Waals surface area contributed by atoms with E-state index in [-0.39, 0.29) is 5.91 Å². The average Bonchev–Trinajstić information content (AvgIpc) is 2.92. The Morgan fingerprint density at radius 1 is 1.64 bits per heavy atom. The topological polar surface area (TPSA) is 82.2 Å². The molecule has 3 N–H and O–H groups in total. The number of allylic oxidation sites excluding steroid dienone is 1. The van der Waals surface area contributed by atoms with Crippen molar-refractivity contribution in [3.63, 3.8) is 0 Å². The molecule has 0 spiro atoms. The van der Waals surface area contributed by atoms with Crippen LogP contribution in [0.5, 0.6) is 0 Å². The number of hydrogen-bond acceptors (Lipinski definition) is 4. The molecule has 1 heterocycles. The molecule has 0 saturated carbocycles. The van der Waals surface area contributed by atoms with Crippen molar-refractivity contribution in [2.24, 2.45) is 5.73 Å². The third kappa shape index (κ3) is 2.22. The molecule has 5 nitrogen and oxygen atoms in total. The highest BCUT2D eigenvalue weighted by Crippen LogP contribution is 2.46. The number of amides is 1. The Morgan fingerprint density at radius 3 is 2.86 bits per heavy atom. The van der Waals surface area contributed by atoms with E-state index < -0.39 is 5.54 Å². The molecule has 1 unspecified atom stereocenters. The number of hydrogen-bond donors (Lipinski definition) is 2. The molecule has 22 heavy (non-hydrogen) atoms. The SMILES string of the molecule is C=CN1/C(=C\N)CCC1(C(=O)NC)c1ccc(C#N)cc1Cl. The Hall–Kier alpha value is -2.45.